The van der Waals surface area contributed by atoms with E-state index in [2.05, 4.69) is 53.6 Å². The lowest BCUT2D eigenvalue weighted by Gasteiger charge is -2.15. The minimum atomic E-state index is -0.943. The fourth-order valence-electron chi connectivity index (χ4n) is 3.23. The van der Waals surface area contributed by atoms with E-state index in [9.17, 15) is 4.79 Å². The Bertz CT molecular complexity index is 878. The number of carbonyl (C=O) groups is 1. The Morgan fingerprint density at radius 1 is 1.04 bits per heavy atom. The normalized spacial score (nSPS) is 16.3. The summed E-state index contributed by atoms with van der Waals surface area (Å²) in [5, 5.41) is 17.4. The van der Waals surface area contributed by atoms with Crippen LogP contribution in [0.3, 0.4) is 0 Å². The molecule has 0 bridgehead atoms. The monoisotopic (exact) mass is 374 g/mol. The first-order valence-corrected chi connectivity index (χ1v) is 9.88. The molecule has 4 heteroatoms. The molecular weight excluding hydrogens is 348 g/mol. The highest BCUT2D eigenvalue weighted by atomic mass is 16.4. The number of aryl methyl sites for hydroxylation is 1. The summed E-state index contributed by atoms with van der Waals surface area (Å²) in [6.07, 6.45) is 12.1. The summed E-state index contributed by atoms with van der Waals surface area (Å²) in [6.45, 7) is 2.23. The predicted octanol–water partition coefficient (Wildman–Crippen LogP) is 6.83. The van der Waals surface area contributed by atoms with Gasteiger partial charge in [-0.25, -0.2) is 4.79 Å². The molecule has 0 aliphatic heterocycles. The van der Waals surface area contributed by atoms with Gasteiger partial charge in [0.25, 0.3) is 0 Å². The number of unbranched alkanes of at least 4 members (excludes halogenated alkanes) is 2. The standard InChI is InChI=1S/C24H26N2O2/c1-2-3-4-5-18-6-8-19(9-7-18)20-10-14-22(15-11-20)25-26-23-16-12-21(13-17-23)24(27)28/h6-10,12-17,20H,2-5,11H2,1H3,(H,27,28). The summed E-state index contributed by atoms with van der Waals surface area (Å²) in [5.74, 6) is -0.570. The molecule has 0 fully saturated rings. The van der Waals surface area contributed by atoms with Crippen LogP contribution in [0.15, 0.2) is 82.7 Å². The van der Waals surface area contributed by atoms with Gasteiger partial charge in [-0.15, -0.1) is 0 Å². The second kappa shape index (κ2) is 9.79. The molecule has 0 amide bonds. The van der Waals surface area contributed by atoms with Crippen molar-refractivity contribution in [2.24, 2.45) is 10.2 Å². The van der Waals surface area contributed by atoms with Crippen LogP contribution in [0.25, 0.3) is 0 Å². The molecule has 1 aliphatic carbocycles. The van der Waals surface area contributed by atoms with Gasteiger partial charge in [0.2, 0.25) is 0 Å². The summed E-state index contributed by atoms with van der Waals surface area (Å²) in [5.41, 5.74) is 4.45. The van der Waals surface area contributed by atoms with Gasteiger partial charge in [0.1, 0.15) is 0 Å². The Morgan fingerprint density at radius 2 is 1.79 bits per heavy atom. The average molecular weight is 374 g/mol. The van der Waals surface area contributed by atoms with E-state index < -0.39 is 5.97 Å². The van der Waals surface area contributed by atoms with Crippen molar-refractivity contribution in [1.29, 1.82) is 0 Å². The first kappa shape index (κ1) is 19.7. The van der Waals surface area contributed by atoms with Gasteiger partial charge >= 0.3 is 5.97 Å². The van der Waals surface area contributed by atoms with Crippen molar-refractivity contribution >= 4 is 11.7 Å². The number of aromatic carboxylic acids is 1. The number of allylic oxidation sites excluding steroid dienone is 3. The molecule has 0 saturated carbocycles. The molecule has 1 N–H and O–H groups in total. The maximum Gasteiger partial charge on any atom is 0.335 e. The number of nitrogens with zero attached hydrogens (tertiary/aromatic N) is 2. The van der Waals surface area contributed by atoms with Crippen molar-refractivity contribution in [3.63, 3.8) is 0 Å². The van der Waals surface area contributed by atoms with E-state index in [4.69, 9.17) is 5.11 Å². The molecule has 0 aromatic heterocycles. The lowest BCUT2D eigenvalue weighted by atomic mass is 9.91. The summed E-state index contributed by atoms with van der Waals surface area (Å²) in [6, 6.07) is 15.3. The van der Waals surface area contributed by atoms with Gasteiger partial charge in [0.15, 0.2) is 0 Å². The maximum atomic E-state index is 10.9. The van der Waals surface area contributed by atoms with E-state index in [0.717, 1.165) is 18.5 Å². The zero-order valence-electron chi connectivity index (χ0n) is 16.2. The number of hydrogen-bond acceptors (Lipinski definition) is 3. The fourth-order valence-corrected chi connectivity index (χ4v) is 3.23. The Balaban J connectivity index is 1.55. The van der Waals surface area contributed by atoms with E-state index >= 15 is 0 Å². The molecule has 0 saturated heterocycles. The number of carboxylic acid groups (broad SMARTS) is 1. The van der Waals surface area contributed by atoms with Crippen molar-refractivity contribution < 1.29 is 9.90 Å². The first-order valence-electron chi connectivity index (χ1n) is 9.88. The number of carboxylic acids is 1. The van der Waals surface area contributed by atoms with Crippen LogP contribution in [0.5, 0.6) is 0 Å². The molecule has 4 nitrogen and oxygen atoms in total. The topological polar surface area (TPSA) is 62.0 Å². The van der Waals surface area contributed by atoms with Gasteiger partial charge in [-0.05, 0) is 60.7 Å². The minimum Gasteiger partial charge on any atom is -0.478 e. The molecule has 2 aromatic carbocycles. The fraction of sp³-hybridized carbons (Fsp3) is 0.292. The second-order valence-electron chi connectivity index (χ2n) is 7.08. The minimum absolute atomic E-state index is 0.245. The van der Waals surface area contributed by atoms with E-state index in [1.807, 2.05) is 6.08 Å². The molecule has 2 aromatic rings. The summed E-state index contributed by atoms with van der Waals surface area (Å²) < 4.78 is 0. The first-order chi connectivity index (χ1) is 13.7. The van der Waals surface area contributed by atoms with E-state index in [1.54, 1.807) is 12.1 Å². The molecule has 0 spiro atoms. The molecule has 1 aliphatic rings. The maximum absolute atomic E-state index is 10.9. The third-order valence-electron chi connectivity index (χ3n) is 4.95. The van der Waals surface area contributed by atoms with Crippen LogP contribution < -0.4 is 0 Å². The number of benzene rings is 2. The van der Waals surface area contributed by atoms with Crippen LogP contribution in [0.1, 0.15) is 60.0 Å². The van der Waals surface area contributed by atoms with Crippen LogP contribution in [0.4, 0.5) is 5.69 Å². The molecule has 3 rings (SSSR count). The van der Waals surface area contributed by atoms with Crippen molar-refractivity contribution in [2.45, 2.75) is 44.9 Å². The van der Waals surface area contributed by atoms with Gasteiger partial charge in [0.05, 0.1) is 16.9 Å². The molecule has 1 atom stereocenters. The predicted molar refractivity (Wildman–Crippen MR) is 112 cm³/mol. The zero-order valence-corrected chi connectivity index (χ0v) is 16.2. The Hall–Kier alpha value is -3.01. The molecule has 144 valence electrons. The average Bonchev–Trinajstić information content (AvgIpc) is 2.74. The van der Waals surface area contributed by atoms with Gasteiger partial charge in [-0.1, -0.05) is 56.2 Å². The zero-order chi connectivity index (χ0) is 19.8. The summed E-state index contributed by atoms with van der Waals surface area (Å²) in [4.78, 5) is 10.9. The van der Waals surface area contributed by atoms with Crippen molar-refractivity contribution in [1.82, 2.24) is 0 Å². The molecule has 28 heavy (non-hydrogen) atoms. The van der Waals surface area contributed by atoms with E-state index in [-0.39, 0.29) is 5.56 Å². The second-order valence-corrected chi connectivity index (χ2v) is 7.08. The summed E-state index contributed by atoms with van der Waals surface area (Å²) >= 11 is 0. The Labute approximate surface area is 166 Å². The molecular formula is C24H26N2O2. The van der Waals surface area contributed by atoms with Crippen LogP contribution in [-0.4, -0.2) is 11.1 Å². The van der Waals surface area contributed by atoms with E-state index in [0.29, 0.717) is 11.6 Å². The quantitative estimate of drug-likeness (QED) is 0.406. The number of azo groups is 1. The van der Waals surface area contributed by atoms with Crippen LogP contribution >= 0.6 is 0 Å². The Kier molecular flexibility index (Phi) is 6.90. The van der Waals surface area contributed by atoms with Gasteiger partial charge in [-0.3, -0.25) is 0 Å². The van der Waals surface area contributed by atoms with Crippen LogP contribution in [0.2, 0.25) is 0 Å². The Morgan fingerprint density at radius 3 is 2.39 bits per heavy atom. The third-order valence-corrected chi connectivity index (χ3v) is 4.95. The third kappa shape index (κ3) is 5.49. The highest BCUT2D eigenvalue weighted by Gasteiger charge is 2.11. The lowest BCUT2D eigenvalue weighted by molar-refractivity contribution is 0.0697. The van der Waals surface area contributed by atoms with Crippen molar-refractivity contribution in [3.05, 3.63) is 89.1 Å². The summed E-state index contributed by atoms with van der Waals surface area (Å²) in [7, 11) is 0. The van der Waals surface area contributed by atoms with Gasteiger partial charge in [0, 0.05) is 5.92 Å². The highest BCUT2D eigenvalue weighted by Crippen LogP contribution is 2.28. The highest BCUT2D eigenvalue weighted by molar-refractivity contribution is 5.87. The SMILES string of the molecule is CCCCCc1ccc(C2C=CC(N=Nc3ccc(C(=O)O)cc3)=CC2)cc1. The van der Waals surface area contributed by atoms with Crippen molar-refractivity contribution in [2.75, 3.05) is 0 Å². The molecule has 0 radical (unpaired) electrons. The van der Waals surface area contributed by atoms with Crippen LogP contribution in [-0.2, 0) is 6.42 Å². The van der Waals surface area contributed by atoms with Crippen LogP contribution in [0, 0.1) is 0 Å². The van der Waals surface area contributed by atoms with Gasteiger partial charge in [-0.2, -0.15) is 10.2 Å². The van der Waals surface area contributed by atoms with Gasteiger partial charge < -0.3 is 5.11 Å². The molecule has 0 heterocycles. The lowest BCUT2D eigenvalue weighted by Crippen LogP contribution is -1.98. The largest absolute Gasteiger partial charge is 0.478 e. The number of rotatable bonds is 8. The van der Waals surface area contributed by atoms with E-state index in [1.165, 1.54) is 42.5 Å². The number of hydrogen-bond donors (Lipinski definition) is 1. The smallest absolute Gasteiger partial charge is 0.335 e. The molecule has 1 unspecified atom stereocenters. The van der Waals surface area contributed by atoms with Crippen molar-refractivity contribution in [3.8, 4) is 0 Å².